The molecule has 0 bridgehead atoms. The monoisotopic (exact) mass is 158 g/mol. The fraction of sp³-hybridized carbons (Fsp3) is 1.00. The van der Waals surface area contributed by atoms with Crippen LogP contribution in [0.3, 0.4) is 0 Å². The summed E-state index contributed by atoms with van der Waals surface area (Å²) in [6.45, 7) is 0.154. The highest BCUT2D eigenvalue weighted by molar-refractivity contribution is 4.70. The van der Waals surface area contributed by atoms with Crippen LogP contribution in [-0.4, -0.2) is 22.9 Å². The molecule has 2 nitrogen and oxygen atoms in total. The molecule has 66 valence electrons. The topological polar surface area (TPSA) is 40.5 Å². The normalized spacial score (nSPS) is 34.4. The van der Waals surface area contributed by atoms with Crippen molar-refractivity contribution in [1.29, 1.82) is 0 Å². The van der Waals surface area contributed by atoms with Gasteiger partial charge in [0.05, 0.1) is 6.10 Å². The Hall–Kier alpha value is -0.0800. The van der Waals surface area contributed by atoms with E-state index in [1.54, 1.807) is 0 Å². The van der Waals surface area contributed by atoms with E-state index in [0.717, 1.165) is 19.3 Å². The predicted octanol–water partition coefficient (Wildman–Crippen LogP) is 1.31. The first-order valence-corrected chi connectivity index (χ1v) is 4.63. The Morgan fingerprint density at radius 3 is 2.27 bits per heavy atom. The van der Waals surface area contributed by atoms with Gasteiger partial charge in [-0.3, -0.25) is 0 Å². The molecular weight excluding hydrogens is 140 g/mol. The first-order valence-electron chi connectivity index (χ1n) is 4.63. The van der Waals surface area contributed by atoms with Gasteiger partial charge in [0, 0.05) is 12.5 Å². The van der Waals surface area contributed by atoms with Crippen LogP contribution < -0.4 is 0 Å². The van der Waals surface area contributed by atoms with E-state index in [9.17, 15) is 5.11 Å². The van der Waals surface area contributed by atoms with Gasteiger partial charge in [0.1, 0.15) is 0 Å². The third-order valence-corrected chi connectivity index (χ3v) is 2.60. The fourth-order valence-corrected chi connectivity index (χ4v) is 1.75. The van der Waals surface area contributed by atoms with E-state index < -0.39 is 0 Å². The number of hydrogen-bond donors (Lipinski definition) is 2. The lowest BCUT2D eigenvalue weighted by Gasteiger charge is -2.23. The molecule has 1 aliphatic carbocycles. The number of hydrogen-bond acceptors (Lipinski definition) is 2. The number of aliphatic hydroxyl groups excluding tert-OH is 2. The van der Waals surface area contributed by atoms with Gasteiger partial charge in [-0.25, -0.2) is 0 Å². The summed E-state index contributed by atoms with van der Waals surface area (Å²) < 4.78 is 0. The Balaban J connectivity index is 2.33. The standard InChI is InChI=1S/C9H18O2/c10-7-8-5-3-1-2-4-6-9(8)11/h8-11H,1-7H2/t8-,9-/m1/s1. The smallest absolute Gasteiger partial charge is 0.0590 e. The van der Waals surface area contributed by atoms with Crippen LogP contribution in [0.1, 0.15) is 38.5 Å². The van der Waals surface area contributed by atoms with Crippen LogP contribution in [0.4, 0.5) is 0 Å². The lowest BCUT2D eigenvalue weighted by Crippen LogP contribution is -2.24. The largest absolute Gasteiger partial charge is 0.396 e. The molecule has 0 amide bonds. The molecule has 2 heteroatoms. The van der Waals surface area contributed by atoms with Gasteiger partial charge in [0.2, 0.25) is 0 Å². The van der Waals surface area contributed by atoms with Crippen LogP contribution >= 0.6 is 0 Å². The lowest BCUT2D eigenvalue weighted by molar-refractivity contribution is 0.0482. The molecule has 2 N–H and O–H groups in total. The Morgan fingerprint density at radius 1 is 1.00 bits per heavy atom. The first-order chi connectivity index (χ1) is 5.34. The number of aliphatic hydroxyl groups is 2. The third-order valence-electron chi connectivity index (χ3n) is 2.60. The molecule has 1 saturated carbocycles. The maximum Gasteiger partial charge on any atom is 0.0590 e. The average molecular weight is 158 g/mol. The highest BCUT2D eigenvalue weighted by Gasteiger charge is 2.19. The van der Waals surface area contributed by atoms with Crippen LogP contribution in [0.25, 0.3) is 0 Å². The predicted molar refractivity (Wildman–Crippen MR) is 44.3 cm³/mol. The Kier molecular flexibility index (Phi) is 3.87. The van der Waals surface area contributed by atoms with Crippen LogP contribution in [0, 0.1) is 5.92 Å². The van der Waals surface area contributed by atoms with Crippen LogP contribution in [0.5, 0.6) is 0 Å². The second-order valence-corrected chi connectivity index (χ2v) is 3.50. The molecule has 0 radical (unpaired) electrons. The van der Waals surface area contributed by atoms with Crippen LogP contribution in [0.15, 0.2) is 0 Å². The van der Waals surface area contributed by atoms with Crippen molar-refractivity contribution < 1.29 is 10.2 Å². The zero-order chi connectivity index (χ0) is 8.10. The Morgan fingerprint density at radius 2 is 1.64 bits per heavy atom. The minimum absolute atomic E-state index is 0.148. The zero-order valence-corrected chi connectivity index (χ0v) is 7.00. The summed E-state index contributed by atoms with van der Waals surface area (Å²) in [6.07, 6.45) is 6.43. The quantitative estimate of drug-likeness (QED) is 0.604. The van der Waals surface area contributed by atoms with Gasteiger partial charge >= 0.3 is 0 Å². The van der Waals surface area contributed by atoms with E-state index in [1.165, 1.54) is 19.3 Å². The van der Waals surface area contributed by atoms with E-state index in [1.807, 2.05) is 0 Å². The summed E-state index contributed by atoms with van der Waals surface area (Å²) in [7, 11) is 0. The van der Waals surface area contributed by atoms with E-state index >= 15 is 0 Å². The summed E-state index contributed by atoms with van der Waals surface area (Å²) in [5.74, 6) is 0.148. The summed E-state index contributed by atoms with van der Waals surface area (Å²) >= 11 is 0. The minimum Gasteiger partial charge on any atom is -0.396 e. The van der Waals surface area contributed by atoms with Gasteiger partial charge < -0.3 is 10.2 Å². The average Bonchev–Trinajstić information content (AvgIpc) is 1.98. The maximum atomic E-state index is 9.51. The van der Waals surface area contributed by atoms with Crippen molar-refractivity contribution in [3.8, 4) is 0 Å². The van der Waals surface area contributed by atoms with Crippen molar-refractivity contribution in [2.75, 3.05) is 6.61 Å². The van der Waals surface area contributed by atoms with E-state index in [4.69, 9.17) is 5.11 Å². The van der Waals surface area contributed by atoms with Gasteiger partial charge in [-0.15, -0.1) is 0 Å². The van der Waals surface area contributed by atoms with Gasteiger partial charge in [-0.05, 0) is 12.8 Å². The third kappa shape index (κ3) is 2.80. The van der Waals surface area contributed by atoms with E-state index in [2.05, 4.69) is 0 Å². The molecule has 2 atom stereocenters. The molecule has 0 unspecified atom stereocenters. The van der Waals surface area contributed by atoms with Crippen LogP contribution in [0.2, 0.25) is 0 Å². The van der Waals surface area contributed by atoms with Crippen molar-refractivity contribution in [1.82, 2.24) is 0 Å². The number of rotatable bonds is 1. The molecular formula is C9H18O2. The maximum absolute atomic E-state index is 9.51. The Labute approximate surface area is 68.2 Å². The lowest BCUT2D eigenvalue weighted by atomic mass is 9.89. The first kappa shape index (κ1) is 9.01. The van der Waals surface area contributed by atoms with Gasteiger partial charge in [-0.2, -0.15) is 0 Å². The van der Waals surface area contributed by atoms with E-state index in [0.29, 0.717) is 0 Å². The minimum atomic E-state index is -0.250. The highest BCUT2D eigenvalue weighted by Crippen LogP contribution is 2.21. The second-order valence-electron chi connectivity index (χ2n) is 3.50. The molecule has 0 aromatic carbocycles. The Bertz CT molecular complexity index is 104. The molecule has 1 fully saturated rings. The summed E-state index contributed by atoms with van der Waals surface area (Å²) in [6, 6.07) is 0. The van der Waals surface area contributed by atoms with Gasteiger partial charge in [-0.1, -0.05) is 25.7 Å². The molecule has 0 aliphatic heterocycles. The van der Waals surface area contributed by atoms with Crippen LogP contribution in [-0.2, 0) is 0 Å². The molecule has 0 aromatic rings. The summed E-state index contributed by atoms with van der Waals surface area (Å²) in [5.41, 5.74) is 0. The zero-order valence-electron chi connectivity index (χ0n) is 7.00. The van der Waals surface area contributed by atoms with Gasteiger partial charge in [0.25, 0.3) is 0 Å². The van der Waals surface area contributed by atoms with Crippen molar-refractivity contribution in [3.05, 3.63) is 0 Å². The molecule has 0 saturated heterocycles. The molecule has 11 heavy (non-hydrogen) atoms. The molecule has 0 aromatic heterocycles. The molecule has 1 rings (SSSR count). The summed E-state index contributed by atoms with van der Waals surface area (Å²) in [5, 5.41) is 18.4. The SMILES string of the molecule is OC[C@H]1CCCCCC[C@H]1O. The molecule has 0 spiro atoms. The second kappa shape index (κ2) is 4.73. The van der Waals surface area contributed by atoms with Crippen molar-refractivity contribution >= 4 is 0 Å². The fourth-order valence-electron chi connectivity index (χ4n) is 1.75. The van der Waals surface area contributed by atoms with Crippen molar-refractivity contribution in [2.24, 2.45) is 5.92 Å². The molecule has 0 heterocycles. The van der Waals surface area contributed by atoms with E-state index in [-0.39, 0.29) is 18.6 Å². The van der Waals surface area contributed by atoms with Crippen molar-refractivity contribution in [3.63, 3.8) is 0 Å². The van der Waals surface area contributed by atoms with Crippen molar-refractivity contribution in [2.45, 2.75) is 44.6 Å². The summed E-state index contributed by atoms with van der Waals surface area (Å²) in [4.78, 5) is 0. The highest BCUT2D eigenvalue weighted by atomic mass is 16.3. The molecule has 1 aliphatic rings. The van der Waals surface area contributed by atoms with Gasteiger partial charge in [0.15, 0.2) is 0 Å².